The summed E-state index contributed by atoms with van der Waals surface area (Å²) in [6, 6.07) is 8.28. The number of guanidine groups is 1. The van der Waals surface area contributed by atoms with Crippen LogP contribution in [-0.2, 0) is 24.3 Å². The molecule has 28 heavy (non-hydrogen) atoms. The van der Waals surface area contributed by atoms with Gasteiger partial charge in [0.25, 0.3) is 0 Å². The smallest absolute Gasteiger partial charge is 0.223 e. The Hall–Kier alpha value is -2.41. The summed E-state index contributed by atoms with van der Waals surface area (Å²) in [5.74, 6) is 1.01. The fourth-order valence-electron chi connectivity index (χ4n) is 3.24. The minimum Gasteiger partial charge on any atom is -0.357 e. The molecular weight excluding hydrogens is 370 g/mol. The molecule has 1 amide bonds. The van der Waals surface area contributed by atoms with Crippen LogP contribution in [0.4, 0.5) is 0 Å². The highest BCUT2D eigenvalue weighted by atomic mass is 32.1. The highest BCUT2D eigenvalue weighted by Crippen LogP contribution is 2.22. The van der Waals surface area contributed by atoms with Crippen molar-refractivity contribution in [2.45, 2.75) is 46.2 Å². The molecule has 0 aliphatic carbocycles. The molecule has 0 bridgehead atoms. The summed E-state index contributed by atoms with van der Waals surface area (Å²) in [5.41, 5.74) is 2.53. The van der Waals surface area contributed by atoms with Gasteiger partial charge in [-0.1, -0.05) is 24.3 Å². The lowest BCUT2D eigenvalue weighted by molar-refractivity contribution is -0.131. The number of aliphatic imine (C=N–C) groups is 1. The molecule has 0 spiro atoms. The monoisotopic (exact) mass is 399 g/mol. The standard InChI is InChI=1S/C21H29N5OS/c1-3-22-21(24-12-10-19-25-13-16(2)28-19)23-11-6-9-20(27)26-14-17-7-4-5-8-18(17)15-26/h4-5,7-8,13H,3,6,9-12,14-15H2,1-2H3,(H2,22,23,24). The van der Waals surface area contributed by atoms with Gasteiger partial charge in [0.2, 0.25) is 5.91 Å². The predicted octanol–water partition coefficient (Wildman–Crippen LogP) is 2.87. The van der Waals surface area contributed by atoms with Crippen LogP contribution in [0.1, 0.15) is 40.8 Å². The van der Waals surface area contributed by atoms with Crippen LogP contribution in [0.5, 0.6) is 0 Å². The second kappa shape index (κ2) is 10.2. The van der Waals surface area contributed by atoms with Gasteiger partial charge in [-0.05, 0) is 31.4 Å². The van der Waals surface area contributed by atoms with Crippen molar-refractivity contribution < 1.29 is 4.79 Å². The van der Waals surface area contributed by atoms with Gasteiger partial charge in [-0.2, -0.15) is 0 Å². The van der Waals surface area contributed by atoms with Gasteiger partial charge in [-0.25, -0.2) is 4.98 Å². The lowest BCUT2D eigenvalue weighted by Crippen LogP contribution is -2.38. The van der Waals surface area contributed by atoms with Crippen molar-refractivity contribution in [1.29, 1.82) is 0 Å². The van der Waals surface area contributed by atoms with E-state index in [1.54, 1.807) is 11.3 Å². The van der Waals surface area contributed by atoms with Crippen molar-refractivity contribution in [2.75, 3.05) is 19.6 Å². The third-order valence-corrected chi connectivity index (χ3v) is 5.63. The summed E-state index contributed by atoms with van der Waals surface area (Å²) >= 11 is 1.73. The third-order valence-electron chi connectivity index (χ3n) is 4.66. The minimum atomic E-state index is 0.212. The second-order valence-corrected chi connectivity index (χ2v) is 8.24. The lowest BCUT2D eigenvalue weighted by atomic mass is 10.1. The Balaban J connectivity index is 1.38. The third kappa shape index (κ3) is 5.79. The SMILES string of the molecule is CCNC(=NCCCC(=O)N1Cc2ccccc2C1)NCCc1ncc(C)s1. The summed E-state index contributed by atoms with van der Waals surface area (Å²) in [4.78, 5) is 24.6. The summed E-state index contributed by atoms with van der Waals surface area (Å²) in [6.07, 6.45) is 4.09. The predicted molar refractivity (Wildman–Crippen MR) is 114 cm³/mol. The Morgan fingerprint density at radius 1 is 1.25 bits per heavy atom. The molecule has 0 fully saturated rings. The van der Waals surface area contributed by atoms with E-state index in [2.05, 4.69) is 46.6 Å². The Bertz CT molecular complexity index is 792. The first-order valence-corrected chi connectivity index (χ1v) is 10.8. The van der Waals surface area contributed by atoms with Crippen LogP contribution >= 0.6 is 11.3 Å². The van der Waals surface area contributed by atoms with Crippen LogP contribution in [0.3, 0.4) is 0 Å². The van der Waals surface area contributed by atoms with Crippen LogP contribution in [0.2, 0.25) is 0 Å². The van der Waals surface area contributed by atoms with E-state index in [0.717, 1.165) is 50.0 Å². The van der Waals surface area contributed by atoms with Crippen LogP contribution in [0.25, 0.3) is 0 Å². The number of aromatic nitrogens is 1. The zero-order valence-electron chi connectivity index (χ0n) is 16.7. The number of nitrogens with one attached hydrogen (secondary N) is 2. The van der Waals surface area contributed by atoms with Gasteiger partial charge >= 0.3 is 0 Å². The highest BCUT2D eigenvalue weighted by molar-refractivity contribution is 7.11. The first-order valence-electron chi connectivity index (χ1n) is 9.93. The number of carbonyl (C=O) groups is 1. The van der Waals surface area contributed by atoms with E-state index in [4.69, 9.17) is 0 Å². The molecule has 0 saturated heterocycles. The molecule has 1 aromatic carbocycles. The molecule has 0 saturated carbocycles. The fourth-order valence-corrected chi connectivity index (χ4v) is 4.02. The zero-order chi connectivity index (χ0) is 19.8. The molecule has 2 N–H and O–H groups in total. The van der Waals surface area contributed by atoms with Crippen LogP contribution in [0, 0.1) is 6.92 Å². The van der Waals surface area contributed by atoms with Gasteiger partial charge in [0.1, 0.15) is 0 Å². The summed E-state index contributed by atoms with van der Waals surface area (Å²) in [5, 5.41) is 7.74. The Morgan fingerprint density at radius 3 is 2.64 bits per heavy atom. The number of amides is 1. The normalized spacial score (nSPS) is 13.5. The van der Waals surface area contributed by atoms with E-state index in [-0.39, 0.29) is 5.91 Å². The van der Waals surface area contributed by atoms with Crippen molar-refractivity contribution >= 4 is 23.2 Å². The zero-order valence-corrected chi connectivity index (χ0v) is 17.5. The molecule has 0 unspecified atom stereocenters. The molecule has 2 aromatic rings. The molecule has 0 atom stereocenters. The lowest BCUT2D eigenvalue weighted by Gasteiger charge is -2.15. The molecule has 1 aliphatic heterocycles. The Kier molecular flexibility index (Phi) is 7.42. The molecule has 7 heteroatoms. The maximum absolute atomic E-state index is 12.5. The topological polar surface area (TPSA) is 69.6 Å². The van der Waals surface area contributed by atoms with Crippen molar-refractivity contribution in [1.82, 2.24) is 20.5 Å². The molecule has 3 rings (SSSR count). The number of benzene rings is 1. The minimum absolute atomic E-state index is 0.212. The van der Waals surface area contributed by atoms with E-state index in [1.807, 2.05) is 23.2 Å². The van der Waals surface area contributed by atoms with E-state index >= 15 is 0 Å². The number of thiazole rings is 1. The van der Waals surface area contributed by atoms with Crippen LogP contribution in [-0.4, -0.2) is 41.4 Å². The molecule has 1 aromatic heterocycles. The largest absolute Gasteiger partial charge is 0.357 e. The number of aryl methyl sites for hydroxylation is 1. The van der Waals surface area contributed by atoms with Crippen molar-refractivity contribution in [3.63, 3.8) is 0 Å². The van der Waals surface area contributed by atoms with Crippen LogP contribution < -0.4 is 10.6 Å². The van der Waals surface area contributed by atoms with Gasteiger partial charge in [0, 0.05) is 56.6 Å². The number of hydrogen-bond donors (Lipinski definition) is 2. The maximum Gasteiger partial charge on any atom is 0.223 e. The molecule has 2 heterocycles. The molecule has 1 aliphatic rings. The van der Waals surface area contributed by atoms with Crippen molar-refractivity contribution in [3.8, 4) is 0 Å². The Morgan fingerprint density at radius 2 is 2.00 bits per heavy atom. The number of hydrogen-bond acceptors (Lipinski definition) is 4. The van der Waals surface area contributed by atoms with Crippen LogP contribution in [0.15, 0.2) is 35.5 Å². The molecule has 150 valence electrons. The summed E-state index contributed by atoms with van der Waals surface area (Å²) in [7, 11) is 0. The number of fused-ring (bicyclic) bond motifs is 1. The van der Waals surface area contributed by atoms with Crippen molar-refractivity contribution in [3.05, 3.63) is 51.5 Å². The van der Waals surface area contributed by atoms with Gasteiger partial charge in [0.15, 0.2) is 5.96 Å². The van der Waals surface area contributed by atoms with E-state index in [0.29, 0.717) is 13.0 Å². The fraction of sp³-hybridized carbons (Fsp3) is 0.476. The highest BCUT2D eigenvalue weighted by Gasteiger charge is 2.22. The molecular formula is C21H29N5OS. The average Bonchev–Trinajstić information content (AvgIpc) is 3.31. The maximum atomic E-state index is 12.5. The molecule has 6 nitrogen and oxygen atoms in total. The summed E-state index contributed by atoms with van der Waals surface area (Å²) in [6.45, 7) is 7.84. The summed E-state index contributed by atoms with van der Waals surface area (Å²) < 4.78 is 0. The number of carbonyl (C=O) groups excluding carboxylic acids is 1. The van der Waals surface area contributed by atoms with E-state index < -0.39 is 0 Å². The van der Waals surface area contributed by atoms with Gasteiger partial charge in [-0.15, -0.1) is 11.3 Å². The number of rotatable bonds is 8. The molecule has 0 radical (unpaired) electrons. The van der Waals surface area contributed by atoms with Gasteiger partial charge < -0.3 is 15.5 Å². The van der Waals surface area contributed by atoms with Gasteiger partial charge in [-0.3, -0.25) is 9.79 Å². The van der Waals surface area contributed by atoms with E-state index in [9.17, 15) is 4.79 Å². The Labute approximate surface area is 171 Å². The quantitative estimate of drug-likeness (QED) is 0.407. The number of nitrogens with zero attached hydrogens (tertiary/aromatic N) is 3. The van der Waals surface area contributed by atoms with E-state index in [1.165, 1.54) is 16.0 Å². The second-order valence-electron chi connectivity index (χ2n) is 6.92. The first kappa shape index (κ1) is 20.3. The van der Waals surface area contributed by atoms with Crippen molar-refractivity contribution in [2.24, 2.45) is 4.99 Å². The first-order chi connectivity index (χ1) is 13.7. The van der Waals surface area contributed by atoms with Gasteiger partial charge in [0.05, 0.1) is 5.01 Å². The average molecular weight is 400 g/mol.